The average molecular weight is 205 g/mol. The van der Waals surface area contributed by atoms with Crippen molar-refractivity contribution in [1.82, 2.24) is 9.55 Å². The van der Waals surface area contributed by atoms with Gasteiger partial charge in [-0.15, -0.1) is 0 Å². The Bertz CT molecular complexity index is 344. The van der Waals surface area contributed by atoms with Gasteiger partial charge in [0.2, 0.25) is 0 Å². The minimum Gasteiger partial charge on any atom is -0.333 e. The summed E-state index contributed by atoms with van der Waals surface area (Å²) in [5, 5.41) is 0. The van der Waals surface area contributed by atoms with Crippen LogP contribution in [0.5, 0.6) is 0 Å². The molecule has 1 aromatic rings. The molecule has 2 fully saturated rings. The molecule has 3 atom stereocenters. The molecule has 15 heavy (non-hydrogen) atoms. The highest BCUT2D eigenvalue weighted by molar-refractivity contribution is 4.99. The Kier molecular flexibility index (Phi) is 2.28. The molecule has 2 aliphatic carbocycles. The molecule has 82 valence electrons. The molecule has 0 saturated heterocycles. The largest absolute Gasteiger partial charge is 0.333 e. The summed E-state index contributed by atoms with van der Waals surface area (Å²) in [4.78, 5) is 4.18. The number of hydrogen-bond donors (Lipinski definition) is 1. The first-order chi connectivity index (χ1) is 7.36. The predicted molar refractivity (Wildman–Crippen MR) is 59.1 cm³/mol. The zero-order valence-corrected chi connectivity index (χ0v) is 9.10. The van der Waals surface area contributed by atoms with E-state index in [0.29, 0.717) is 6.54 Å². The van der Waals surface area contributed by atoms with E-state index in [1.807, 2.05) is 12.5 Å². The van der Waals surface area contributed by atoms with Crippen molar-refractivity contribution in [3.05, 3.63) is 18.2 Å². The van der Waals surface area contributed by atoms with E-state index in [1.165, 1.54) is 31.4 Å². The fourth-order valence-corrected chi connectivity index (χ4v) is 3.54. The highest BCUT2D eigenvalue weighted by Crippen LogP contribution is 2.48. The molecule has 3 rings (SSSR count). The molecule has 1 heterocycles. The maximum Gasteiger partial charge on any atom is 0.0948 e. The molecule has 2 bridgehead atoms. The fourth-order valence-electron chi connectivity index (χ4n) is 3.54. The lowest BCUT2D eigenvalue weighted by atomic mass is 9.89. The Labute approximate surface area is 90.7 Å². The van der Waals surface area contributed by atoms with Gasteiger partial charge in [-0.2, -0.15) is 0 Å². The van der Waals surface area contributed by atoms with Gasteiger partial charge in [0.1, 0.15) is 0 Å². The Morgan fingerprint density at radius 3 is 3.00 bits per heavy atom. The fraction of sp³-hybridized carbons (Fsp3) is 0.750. The standard InChI is InChI=1S/C12H19N3/c13-5-12-6-14-8-15(12)7-11-4-9-1-2-10(11)3-9/h6,8-11H,1-5,7,13H2. The van der Waals surface area contributed by atoms with E-state index in [0.717, 1.165) is 24.3 Å². The third kappa shape index (κ3) is 1.59. The number of fused-ring (bicyclic) bond motifs is 2. The predicted octanol–water partition coefficient (Wildman–Crippen LogP) is 1.78. The lowest BCUT2D eigenvalue weighted by molar-refractivity contribution is 0.293. The molecular formula is C12H19N3. The number of rotatable bonds is 3. The molecule has 3 heteroatoms. The number of nitrogens with two attached hydrogens (primary N) is 1. The molecule has 2 aliphatic rings. The van der Waals surface area contributed by atoms with Gasteiger partial charge in [-0.25, -0.2) is 4.98 Å². The molecule has 2 N–H and O–H groups in total. The number of aromatic nitrogens is 2. The van der Waals surface area contributed by atoms with Gasteiger partial charge in [-0.1, -0.05) is 6.42 Å². The molecule has 0 aliphatic heterocycles. The van der Waals surface area contributed by atoms with E-state index in [4.69, 9.17) is 5.73 Å². The highest BCUT2D eigenvalue weighted by Gasteiger charge is 2.39. The van der Waals surface area contributed by atoms with Crippen LogP contribution in [-0.2, 0) is 13.1 Å². The van der Waals surface area contributed by atoms with E-state index in [9.17, 15) is 0 Å². The van der Waals surface area contributed by atoms with Crippen molar-refractivity contribution < 1.29 is 0 Å². The highest BCUT2D eigenvalue weighted by atomic mass is 15.1. The van der Waals surface area contributed by atoms with Crippen LogP contribution < -0.4 is 5.73 Å². The zero-order valence-electron chi connectivity index (χ0n) is 9.10. The van der Waals surface area contributed by atoms with E-state index >= 15 is 0 Å². The Morgan fingerprint density at radius 2 is 2.33 bits per heavy atom. The molecule has 2 saturated carbocycles. The lowest BCUT2D eigenvalue weighted by Crippen LogP contribution is -2.18. The van der Waals surface area contributed by atoms with Gasteiger partial charge in [-0.3, -0.25) is 0 Å². The summed E-state index contributed by atoms with van der Waals surface area (Å²) < 4.78 is 2.26. The minimum absolute atomic E-state index is 0.612. The number of nitrogens with zero attached hydrogens (tertiary/aromatic N) is 2. The van der Waals surface area contributed by atoms with Gasteiger partial charge in [0.05, 0.1) is 12.0 Å². The molecule has 0 amide bonds. The zero-order chi connectivity index (χ0) is 10.3. The second kappa shape index (κ2) is 3.63. The third-order valence-corrected chi connectivity index (χ3v) is 4.32. The van der Waals surface area contributed by atoms with Crippen molar-refractivity contribution >= 4 is 0 Å². The summed E-state index contributed by atoms with van der Waals surface area (Å²) in [6.07, 6.45) is 9.70. The second-order valence-electron chi connectivity index (χ2n) is 5.18. The Morgan fingerprint density at radius 1 is 1.40 bits per heavy atom. The van der Waals surface area contributed by atoms with Crippen LogP contribution in [0.1, 0.15) is 31.4 Å². The van der Waals surface area contributed by atoms with Gasteiger partial charge in [0.15, 0.2) is 0 Å². The molecule has 0 radical (unpaired) electrons. The van der Waals surface area contributed by atoms with Crippen LogP contribution in [0.2, 0.25) is 0 Å². The third-order valence-electron chi connectivity index (χ3n) is 4.32. The van der Waals surface area contributed by atoms with Crippen molar-refractivity contribution in [3.8, 4) is 0 Å². The van der Waals surface area contributed by atoms with Gasteiger partial charge in [0.25, 0.3) is 0 Å². The summed E-state index contributed by atoms with van der Waals surface area (Å²) in [7, 11) is 0. The van der Waals surface area contributed by atoms with Crippen LogP contribution in [0.25, 0.3) is 0 Å². The van der Waals surface area contributed by atoms with Crippen LogP contribution in [0, 0.1) is 17.8 Å². The Hall–Kier alpha value is -0.830. The number of imidazole rings is 1. The van der Waals surface area contributed by atoms with E-state index in [-0.39, 0.29) is 0 Å². The molecule has 0 aromatic carbocycles. The summed E-state index contributed by atoms with van der Waals surface area (Å²) in [5.74, 6) is 2.91. The van der Waals surface area contributed by atoms with Crippen LogP contribution in [0.4, 0.5) is 0 Å². The second-order valence-corrected chi connectivity index (χ2v) is 5.18. The first-order valence-corrected chi connectivity index (χ1v) is 6.06. The maximum absolute atomic E-state index is 5.68. The maximum atomic E-state index is 5.68. The van der Waals surface area contributed by atoms with Crippen molar-refractivity contribution in [2.45, 2.75) is 38.8 Å². The quantitative estimate of drug-likeness (QED) is 0.817. The molecule has 3 unspecified atom stereocenters. The minimum atomic E-state index is 0.612. The summed E-state index contributed by atoms with van der Waals surface area (Å²) in [5.41, 5.74) is 6.86. The lowest BCUT2D eigenvalue weighted by Gasteiger charge is -2.22. The molecular weight excluding hydrogens is 186 g/mol. The van der Waals surface area contributed by atoms with Gasteiger partial charge >= 0.3 is 0 Å². The van der Waals surface area contributed by atoms with Crippen LogP contribution in [0.15, 0.2) is 12.5 Å². The SMILES string of the molecule is NCc1cncn1CC1CC2CCC1C2. The van der Waals surface area contributed by atoms with Crippen molar-refractivity contribution in [3.63, 3.8) is 0 Å². The number of hydrogen-bond acceptors (Lipinski definition) is 2. The van der Waals surface area contributed by atoms with Crippen LogP contribution in [0.3, 0.4) is 0 Å². The van der Waals surface area contributed by atoms with Crippen molar-refractivity contribution in [1.29, 1.82) is 0 Å². The molecule has 1 aromatic heterocycles. The summed E-state index contributed by atoms with van der Waals surface area (Å²) in [6, 6.07) is 0. The van der Waals surface area contributed by atoms with Crippen LogP contribution >= 0.6 is 0 Å². The Balaban J connectivity index is 1.70. The van der Waals surface area contributed by atoms with E-state index in [2.05, 4.69) is 9.55 Å². The molecule has 0 spiro atoms. The normalized spacial score (nSPS) is 33.8. The summed E-state index contributed by atoms with van der Waals surface area (Å²) >= 11 is 0. The average Bonchev–Trinajstić information content (AvgIpc) is 2.92. The van der Waals surface area contributed by atoms with Crippen LogP contribution in [-0.4, -0.2) is 9.55 Å². The first kappa shape index (κ1) is 9.40. The van der Waals surface area contributed by atoms with E-state index in [1.54, 1.807) is 0 Å². The topological polar surface area (TPSA) is 43.8 Å². The van der Waals surface area contributed by atoms with Gasteiger partial charge < -0.3 is 10.3 Å². The first-order valence-electron chi connectivity index (χ1n) is 6.06. The van der Waals surface area contributed by atoms with Gasteiger partial charge in [0, 0.05) is 19.3 Å². The molecule has 3 nitrogen and oxygen atoms in total. The van der Waals surface area contributed by atoms with E-state index < -0.39 is 0 Å². The summed E-state index contributed by atoms with van der Waals surface area (Å²) in [6.45, 7) is 1.76. The van der Waals surface area contributed by atoms with Crippen molar-refractivity contribution in [2.24, 2.45) is 23.5 Å². The van der Waals surface area contributed by atoms with Gasteiger partial charge in [-0.05, 0) is 37.0 Å². The van der Waals surface area contributed by atoms with Crippen molar-refractivity contribution in [2.75, 3.05) is 0 Å². The smallest absolute Gasteiger partial charge is 0.0948 e. The monoisotopic (exact) mass is 205 g/mol.